The fourth-order valence-corrected chi connectivity index (χ4v) is 3.77. The van der Waals surface area contributed by atoms with E-state index in [1.165, 1.54) is 7.11 Å². The van der Waals surface area contributed by atoms with Gasteiger partial charge in [0, 0.05) is 29.9 Å². The number of nitrogens with zero attached hydrogens (tertiary/aromatic N) is 1. The summed E-state index contributed by atoms with van der Waals surface area (Å²) in [6, 6.07) is 6.94. The zero-order valence-electron chi connectivity index (χ0n) is 14.1. The average molecular weight is 384 g/mol. The molecule has 1 aromatic carbocycles. The number of ether oxygens (including phenoxy) is 1. The van der Waals surface area contributed by atoms with Crippen LogP contribution in [-0.2, 0) is 14.3 Å². The first kappa shape index (κ1) is 19.8. The monoisotopic (exact) mass is 383 g/mol. The van der Waals surface area contributed by atoms with Crippen LogP contribution in [0.4, 0.5) is 0 Å². The Hall–Kier alpha value is -1.50. The fourth-order valence-electron chi connectivity index (χ4n) is 3.12. The van der Waals surface area contributed by atoms with Gasteiger partial charge in [-0.05, 0) is 23.6 Å². The van der Waals surface area contributed by atoms with Crippen molar-refractivity contribution in [2.75, 3.05) is 26.0 Å². The van der Waals surface area contributed by atoms with Crippen molar-refractivity contribution in [2.45, 2.75) is 25.3 Å². The highest BCUT2D eigenvalue weighted by atomic mass is 35.5. The second kappa shape index (κ2) is 9.27. The highest BCUT2D eigenvalue weighted by molar-refractivity contribution is 7.80. The maximum Gasteiger partial charge on any atom is 0.309 e. The first-order valence-corrected chi connectivity index (χ1v) is 9.05. The highest BCUT2D eigenvalue weighted by Gasteiger charge is 2.29. The molecule has 7 heteroatoms. The van der Waals surface area contributed by atoms with Crippen LogP contribution in [0.3, 0.4) is 0 Å². The van der Waals surface area contributed by atoms with E-state index in [2.05, 4.69) is 17.5 Å². The second-order valence-electron chi connectivity index (χ2n) is 5.97. The lowest BCUT2D eigenvalue weighted by molar-refractivity contribution is -0.140. The van der Waals surface area contributed by atoms with E-state index in [0.717, 1.165) is 23.1 Å². The Balaban J connectivity index is 2.30. The highest BCUT2D eigenvalue weighted by Crippen LogP contribution is 2.34. The maximum atomic E-state index is 11.7. The summed E-state index contributed by atoms with van der Waals surface area (Å²) >= 11 is 10.7. The van der Waals surface area contributed by atoms with Gasteiger partial charge in [-0.1, -0.05) is 35.4 Å². The molecule has 1 aromatic rings. The summed E-state index contributed by atoms with van der Waals surface area (Å²) in [7, 11) is 1.36. The fraction of sp³-hybridized carbons (Fsp3) is 0.444. The minimum absolute atomic E-state index is 0.0502. The van der Waals surface area contributed by atoms with Crippen molar-refractivity contribution < 1.29 is 19.4 Å². The van der Waals surface area contributed by atoms with Crippen LogP contribution in [0.5, 0.6) is 0 Å². The van der Waals surface area contributed by atoms with Gasteiger partial charge < -0.3 is 9.84 Å². The molecule has 1 N–H and O–H groups in total. The summed E-state index contributed by atoms with van der Waals surface area (Å²) in [5.74, 6) is -0.609. The van der Waals surface area contributed by atoms with E-state index in [1.807, 2.05) is 18.2 Å². The number of aliphatic carboxylic acids is 1. The number of hydrogen-bond donors (Lipinski definition) is 2. The van der Waals surface area contributed by atoms with Gasteiger partial charge in [0.05, 0.1) is 20.0 Å². The Kier molecular flexibility index (Phi) is 7.35. The van der Waals surface area contributed by atoms with Crippen molar-refractivity contribution in [1.29, 1.82) is 0 Å². The summed E-state index contributed by atoms with van der Waals surface area (Å²) in [6.07, 6.45) is 0.896. The SMILES string of the molecule is COC(=O)CC1=C(CS)CCN(C(CC(=O)O)c2ccccc2Cl)C1. The summed E-state index contributed by atoms with van der Waals surface area (Å²) in [5, 5.41) is 9.89. The summed E-state index contributed by atoms with van der Waals surface area (Å²) < 4.78 is 4.78. The molecule has 0 amide bonds. The molecular formula is C18H22ClNO4S. The molecule has 1 aliphatic rings. The summed E-state index contributed by atoms with van der Waals surface area (Å²) in [4.78, 5) is 25.2. The van der Waals surface area contributed by atoms with Gasteiger partial charge in [-0.15, -0.1) is 0 Å². The van der Waals surface area contributed by atoms with Crippen LogP contribution < -0.4 is 0 Å². The van der Waals surface area contributed by atoms with Crippen molar-refractivity contribution in [3.8, 4) is 0 Å². The molecule has 0 fully saturated rings. The smallest absolute Gasteiger partial charge is 0.309 e. The number of rotatable bonds is 7. The minimum atomic E-state index is -0.886. The van der Waals surface area contributed by atoms with Crippen LogP contribution in [0.15, 0.2) is 35.4 Å². The topological polar surface area (TPSA) is 66.8 Å². The molecule has 2 rings (SSSR count). The molecule has 0 aliphatic carbocycles. The van der Waals surface area contributed by atoms with E-state index < -0.39 is 5.97 Å². The van der Waals surface area contributed by atoms with E-state index in [4.69, 9.17) is 16.3 Å². The lowest BCUT2D eigenvalue weighted by Gasteiger charge is -2.36. The van der Waals surface area contributed by atoms with Gasteiger partial charge in [-0.25, -0.2) is 0 Å². The van der Waals surface area contributed by atoms with Crippen LogP contribution >= 0.6 is 24.2 Å². The number of carboxylic acid groups (broad SMARTS) is 1. The number of carbonyl (C=O) groups is 2. The van der Waals surface area contributed by atoms with Crippen molar-refractivity contribution in [3.63, 3.8) is 0 Å². The average Bonchev–Trinajstić information content (AvgIpc) is 2.60. The number of methoxy groups -OCH3 is 1. The number of carboxylic acids is 1. The van der Waals surface area contributed by atoms with Crippen molar-refractivity contribution >= 4 is 36.2 Å². The number of thiol groups is 1. The largest absolute Gasteiger partial charge is 0.481 e. The molecular weight excluding hydrogens is 362 g/mol. The van der Waals surface area contributed by atoms with Gasteiger partial charge in [0.15, 0.2) is 0 Å². The zero-order valence-corrected chi connectivity index (χ0v) is 15.7. The number of carbonyl (C=O) groups excluding carboxylic acids is 1. The minimum Gasteiger partial charge on any atom is -0.481 e. The molecule has 0 saturated carbocycles. The molecule has 0 aromatic heterocycles. The first-order chi connectivity index (χ1) is 12.0. The van der Waals surface area contributed by atoms with Crippen LogP contribution in [0.25, 0.3) is 0 Å². The summed E-state index contributed by atoms with van der Waals surface area (Å²) in [5.41, 5.74) is 2.87. The lowest BCUT2D eigenvalue weighted by atomic mass is 9.94. The van der Waals surface area contributed by atoms with Gasteiger partial charge in [0.2, 0.25) is 0 Å². The van der Waals surface area contributed by atoms with E-state index >= 15 is 0 Å². The predicted octanol–water partition coefficient (Wildman–Crippen LogP) is 3.35. The van der Waals surface area contributed by atoms with E-state index in [9.17, 15) is 14.7 Å². The Morgan fingerprint density at radius 3 is 2.68 bits per heavy atom. The molecule has 1 aliphatic heterocycles. The first-order valence-electron chi connectivity index (χ1n) is 8.04. The number of benzene rings is 1. The van der Waals surface area contributed by atoms with Crippen molar-refractivity contribution in [3.05, 3.63) is 46.0 Å². The molecule has 1 heterocycles. The van der Waals surface area contributed by atoms with Crippen molar-refractivity contribution in [1.82, 2.24) is 4.90 Å². The number of halogens is 1. The van der Waals surface area contributed by atoms with Crippen LogP contribution in [0.1, 0.15) is 30.9 Å². The molecule has 1 unspecified atom stereocenters. The van der Waals surface area contributed by atoms with Gasteiger partial charge in [0.25, 0.3) is 0 Å². The lowest BCUT2D eigenvalue weighted by Crippen LogP contribution is -2.37. The maximum absolute atomic E-state index is 11.7. The Morgan fingerprint density at radius 2 is 2.08 bits per heavy atom. The molecule has 25 heavy (non-hydrogen) atoms. The van der Waals surface area contributed by atoms with Gasteiger partial charge in [0.1, 0.15) is 0 Å². The summed E-state index contributed by atoms with van der Waals surface area (Å²) in [6.45, 7) is 1.21. The third kappa shape index (κ3) is 5.23. The third-order valence-corrected chi connectivity index (χ3v) is 5.17. The molecule has 136 valence electrons. The normalized spacial score (nSPS) is 16.6. The predicted molar refractivity (Wildman–Crippen MR) is 100 cm³/mol. The Labute approximate surface area is 158 Å². The molecule has 0 radical (unpaired) electrons. The molecule has 1 atom stereocenters. The Bertz CT molecular complexity index is 677. The van der Waals surface area contributed by atoms with Crippen LogP contribution in [-0.4, -0.2) is 47.9 Å². The van der Waals surface area contributed by atoms with E-state index in [0.29, 0.717) is 23.9 Å². The number of esters is 1. The second-order valence-corrected chi connectivity index (χ2v) is 6.70. The number of hydrogen-bond acceptors (Lipinski definition) is 5. The van der Waals surface area contributed by atoms with E-state index in [-0.39, 0.29) is 24.9 Å². The zero-order chi connectivity index (χ0) is 18.4. The quantitative estimate of drug-likeness (QED) is 0.429. The van der Waals surface area contributed by atoms with Crippen LogP contribution in [0, 0.1) is 0 Å². The molecule has 0 bridgehead atoms. The van der Waals surface area contributed by atoms with Crippen LogP contribution in [0.2, 0.25) is 5.02 Å². The third-order valence-electron chi connectivity index (χ3n) is 4.44. The van der Waals surface area contributed by atoms with Gasteiger partial charge in [-0.3, -0.25) is 14.5 Å². The van der Waals surface area contributed by atoms with E-state index in [1.54, 1.807) is 6.07 Å². The molecule has 5 nitrogen and oxygen atoms in total. The van der Waals surface area contributed by atoms with Gasteiger partial charge in [-0.2, -0.15) is 12.6 Å². The molecule has 0 spiro atoms. The standard InChI is InChI=1S/C18H22ClNO4S/c1-24-18(23)8-13-10-20(7-6-12(13)11-25)16(9-17(21)22)14-4-2-3-5-15(14)19/h2-5,16,25H,6-11H2,1H3,(H,21,22). The molecule has 0 saturated heterocycles. The van der Waals surface area contributed by atoms with Gasteiger partial charge >= 0.3 is 11.9 Å². The van der Waals surface area contributed by atoms with Crippen molar-refractivity contribution in [2.24, 2.45) is 0 Å². The Morgan fingerprint density at radius 1 is 1.36 bits per heavy atom.